The monoisotopic (exact) mass is 262 g/mol. The summed E-state index contributed by atoms with van der Waals surface area (Å²) in [6.45, 7) is 4.23. The first-order chi connectivity index (χ1) is 7.84. The van der Waals surface area contributed by atoms with E-state index in [2.05, 4.69) is 5.32 Å². The highest BCUT2D eigenvalue weighted by Crippen LogP contribution is 2.28. The summed E-state index contributed by atoms with van der Waals surface area (Å²) in [6, 6.07) is 0.275. The molecular weight excluding hydrogens is 240 g/mol. The van der Waals surface area contributed by atoms with E-state index in [1.807, 2.05) is 13.8 Å². The SMILES string of the molecule is CCC(C)NC(=O)CCN(C1CC1)S(C)(=O)=O. The predicted molar refractivity (Wildman–Crippen MR) is 67.1 cm³/mol. The van der Waals surface area contributed by atoms with Gasteiger partial charge in [-0.2, -0.15) is 4.31 Å². The van der Waals surface area contributed by atoms with Crippen LogP contribution in [0.3, 0.4) is 0 Å². The molecule has 1 amide bonds. The van der Waals surface area contributed by atoms with Crippen molar-refractivity contribution in [3.63, 3.8) is 0 Å². The van der Waals surface area contributed by atoms with Crippen molar-refractivity contribution in [2.75, 3.05) is 12.8 Å². The van der Waals surface area contributed by atoms with Crippen molar-refractivity contribution in [2.45, 2.75) is 51.6 Å². The highest BCUT2D eigenvalue weighted by molar-refractivity contribution is 7.88. The van der Waals surface area contributed by atoms with Crippen LogP contribution in [0.4, 0.5) is 0 Å². The quantitative estimate of drug-likeness (QED) is 0.735. The zero-order chi connectivity index (χ0) is 13.1. The van der Waals surface area contributed by atoms with E-state index in [-0.39, 0.29) is 24.4 Å². The Labute approximate surface area is 104 Å². The number of hydrogen-bond acceptors (Lipinski definition) is 3. The minimum atomic E-state index is -3.18. The van der Waals surface area contributed by atoms with Gasteiger partial charge in [0, 0.05) is 25.0 Å². The van der Waals surface area contributed by atoms with Gasteiger partial charge in [-0.1, -0.05) is 6.92 Å². The molecule has 0 saturated heterocycles. The Kier molecular flexibility index (Phi) is 4.94. The van der Waals surface area contributed by atoms with Crippen LogP contribution in [0.25, 0.3) is 0 Å². The number of nitrogens with zero attached hydrogens (tertiary/aromatic N) is 1. The van der Waals surface area contributed by atoms with Gasteiger partial charge in [0.2, 0.25) is 15.9 Å². The topological polar surface area (TPSA) is 66.5 Å². The molecule has 1 N–H and O–H groups in total. The number of amides is 1. The van der Waals surface area contributed by atoms with Crippen molar-refractivity contribution in [2.24, 2.45) is 0 Å². The maximum atomic E-state index is 11.6. The van der Waals surface area contributed by atoms with E-state index in [1.165, 1.54) is 10.6 Å². The lowest BCUT2D eigenvalue weighted by Gasteiger charge is -2.19. The Bertz CT molecular complexity index is 363. The highest BCUT2D eigenvalue weighted by Gasteiger charge is 2.34. The van der Waals surface area contributed by atoms with Crippen LogP contribution in [-0.4, -0.2) is 43.5 Å². The Morgan fingerprint density at radius 3 is 2.47 bits per heavy atom. The van der Waals surface area contributed by atoms with Gasteiger partial charge in [0.1, 0.15) is 0 Å². The van der Waals surface area contributed by atoms with Crippen LogP contribution in [-0.2, 0) is 14.8 Å². The Balaban J connectivity index is 2.40. The molecule has 1 saturated carbocycles. The fourth-order valence-corrected chi connectivity index (χ4v) is 2.82. The first-order valence-electron chi connectivity index (χ1n) is 6.10. The second-order valence-electron chi connectivity index (χ2n) is 4.73. The molecule has 1 aliphatic carbocycles. The number of carbonyl (C=O) groups is 1. The fourth-order valence-electron chi connectivity index (χ4n) is 1.64. The van der Waals surface area contributed by atoms with Crippen LogP contribution < -0.4 is 5.32 Å². The molecule has 1 fully saturated rings. The second kappa shape index (κ2) is 5.82. The van der Waals surface area contributed by atoms with Gasteiger partial charge in [-0.15, -0.1) is 0 Å². The molecule has 0 radical (unpaired) electrons. The van der Waals surface area contributed by atoms with Crippen molar-refractivity contribution >= 4 is 15.9 Å². The van der Waals surface area contributed by atoms with E-state index in [4.69, 9.17) is 0 Å². The highest BCUT2D eigenvalue weighted by atomic mass is 32.2. The van der Waals surface area contributed by atoms with E-state index in [0.717, 1.165) is 19.3 Å². The lowest BCUT2D eigenvalue weighted by atomic mass is 10.2. The van der Waals surface area contributed by atoms with E-state index in [9.17, 15) is 13.2 Å². The van der Waals surface area contributed by atoms with Crippen molar-refractivity contribution in [3.8, 4) is 0 Å². The van der Waals surface area contributed by atoms with Gasteiger partial charge in [0.25, 0.3) is 0 Å². The molecule has 0 heterocycles. The third-order valence-electron chi connectivity index (χ3n) is 2.96. The zero-order valence-electron chi connectivity index (χ0n) is 10.8. The molecule has 6 heteroatoms. The molecule has 1 unspecified atom stereocenters. The van der Waals surface area contributed by atoms with E-state index in [0.29, 0.717) is 6.54 Å². The van der Waals surface area contributed by atoms with Gasteiger partial charge in [-0.3, -0.25) is 4.79 Å². The number of sulfonamides is 1. The van der Waals surface area contributed by atoms with Gasteiger partial charge in [-0.05, 0) is 26.2 Å². The molecule has 0 aromatic carbocycles. The second-order valence-corrected chi connectivity index (χ2v) is 6.67. The Morgan fingerprint density at radius 1 is 1.47 bits per heavy atom. The Morgan fingerprint density at radius 2 is 2.06 bits per heavy atom. The molecule has 1 aliphatic rings. The maximum Gasteiger partial charge on any atom is 0.221 e. The predicted octanol–water partition coefficient (Wildman–Crippen LogP) is 0.715. The lowest BCUT2D eigenvalue weighted by Crippen LogP contribution is -2.38. The third kappa shape index (κ3) is 5.04. The van der Waals surface area contributed by atoms with E-state index in [1.54, 1.807) is 0 Å². The molecule has 1 rings (SSSR count). The number of hydrogen-bond donors (Lipinski definition) is 1. The van der Waals surface area contributed by atoms with Gasteiger partial charge < -0.3 is 5.32 Å². The molecule has 0 spiro atoms. The summed E-state index contributed by atoms with van der Waals surface area (Å²) in [6.07, 6.45) is 4.16. The largest absolute Gasteiger partial charge is 0.354 e. The van der Waals surface area contributed by atoms with Gasteiger partial charge in [0.15, 0.2) is 0 Å². The van der Waals surface area contributed by atoms with Gasteiger partial charge in [0.05, 0.1) is 6.26 Å². The first-order valence-corrected chi connectivity index (χ1v) is 7.95. The zero-order valence-corrected chi connectivity index (χ0v) is 11.6. The normalized spacial score (nSPS) is 18.1. The van der Waals surface area contributed by atoms with Crippen LogP contribution in [0.1, 0.15) is 39.5 Å². The smallest absolute Gasteiger partial charge is 0.221 e. The molecule has 5 nitrogen and oxygen atoms in total. The number of carbonyl (C=O) groups excluding carboxylic acids is 1. The van der Waals surface area contributed by atoms with Crippen molar-refractivity contribution < 1.29 is 13.2 Å². The summed E-state index contributed by atoms with van der Waals surface area (Å²) in [5.41, 5.74) is 0. The summed E-state index contributed by atoms with van der Waals surface area (Å²) in [7, 11) is -3.18. The van der Waals surface area contributed by atoms with Crippen molar-refractivity contribution in [3.05, 3.63) is 0 Å². The average molecular weight is 262 g/mol. The fraction of sp³-hybridized carbons (Fsp3) is 0.909. The average Bonchev–Trinajstić information content (AvgIpc) is 2.99. The van der Waals surface area contributed by atoms with Gasteiger partial charge in [-0.25, -0.2) is 8.42 Å². The minimum Gasteiger partial charge on any atom is -0.354 e. The molecule has 0 bridgehead atoms. The molecule has 0 aromatic heterocycles. The summed E-state index contributed by atoms with van der Waals surface area (Å²) < 4.78 is 24.4. The van der Waals surface area contributed by atoms with E-state index < -0.39 is 10.0 Å². The third-order valence-corrected chi connectivity index (χ3v) is 4.29. The molecule has 0 aliphatic heterocycles. The molecular formula is C11H22N2O3S. The molecule has 1 atom stereocenters. The first kappa shape index (κ1) is 14.4. The number of rotatable bonds is 7. The van der Waals surface area contributed by atoms with Crippen molar-refractivity contribution in [1.29, 1.82) is 0 Å². The van der Waals surface area contributed by atoms with Crippen molar-refractivity contribution in [1.82, 2.24) is 9.62 Å². The minimum absolute atomic E-state index is 0.0753. The molecule has 0 aromatic rings. The molecule has 17 heavy (non-hydrogen) atoms. The summed E-state index contributed by atoms with van der Waals surface area (Å²) >= 11 is 0. The summed E-state index contributed by atoms with van der Waals surface area (Å²) in [5.74, 6) is -0.0753. The summed E-state index contributed by atoms with van der Waals surface area (Å²) in [5, 5.41) is 2.84. The van der Waals surface area contributed by atoms with Gasteiger partial charge >= 0.3 is 0 Å². The van der Waals surface area contributed by atoms with Crippen LogP contribution in [0.5, 0.6) is 0 Å². The number of nitrogens with one attached hydrogen (secondary N) is 1. The van der Waals surface area contributed by atoms with E-state index >= 15 is 0 Å². The standard InChI is InChI=1S/C11H22N2O3S/c1-4-9(2)12-11(14)7-8-13(10-5-6-10)17(3,15)16/h9-10H,4-8H2,1-3H3,(H,12,14). The van der Waals surface area contributed by atoms with Crippen LogP contribution >= 0.6 is 0 Å². The van der Waals surface area contributed by atoms with Crippen LogP contribution in [0, 0.1) is 0 Å². The maximum absolute atomic E-state index is 11.6. The van der Waals surface area contributed by atoms with Crippen LogP contribution in [0.2, 0.25) is 0 Å². The lowest BCUT2D eigenvalue weighted by molar-refractivity contribution is -0.121. The van der Waals surface area contributed by atoms with Crippen LogP contribution in [0.15, 0.2) is 0 Å². The Hall–Kier alpha value is -0.620. The summed E-state index contributed by atoms with van der Waals surface area (Å²) in [4.78, 5) is 11.6. The molecule has 100 valence electrons.